The van der Waals surface area contributed by atoms with Crippen LogP contribution < -0.4 is 0 Å². The number of allylic oxidation sites excluding steroid dienone is 5. The van der Waals surface area contributed by atoms with Crippen LogP contribution in [0.2, 0.25) is 0 Å². The molecule has 0 spiro atoms. The van der Waals surface area contributed by atoms with Crippen LogP contribution in [0.25, 0.3) is 0 Å². The Balaban J connectivity index is 5.14. The van der Waals surface area contributed by atoms with E-state index >= 15 is 0 Å². The zero-order valence-electron chi connectivity index (χ0n) is 10.5. The third-order valence-corrected chi connectivity index (χ3v) is 2.26. The first kappa shape index (κ1) is 15.4. The first-order chi connectivity index (χ1) is 8.10. The van der Waals surface area contributed by atoms with Crippen LogP contribution >= 0.6 is 11.6 Å². The normalized spacial score (nSPS) is 13.9. The highest BCUT2D eigenvalue weighted by atomic mass is 35.5. The van der Waals surface area contributed by atoms with E-state index in [0.29, 0.717) is 11.3 Å². The molecule has 0 amide bonds. The second-order valence-corrected chi connectivity index (χ2v) is 3.59. The summed E-state index contributed by atoms with van der Waals surface area (Å²) in [6.07, 6.45) is 8.36. The molecule has 0 heterocycles. The monoisotopic (exact) mass is 248 g/mol. The van der Waals surface area contributed by atoms with Crippen LogP contribution in [0.1, 0.15) is 27.2 Å². The molecule has 90 valence electrons. The van der Waals surface area contributed by atoms with Gasteiger partial charge in [-0.25, -0.2) is 4.99 Å². The molecule has 0 bridgehead atoms. The Bertz CT molecular complexity index is 432. The lowest BCUT2D eigenvalue weighted by Crippen LogP contribution is -1.93. The third kappa shape index (κ3) is 5.33. The smallest absolute Gasteiger partial charge is 0.147 e. The molecular weight excluding hydrogens is 232 g/mol. The van der Waals surface area contributed by atoms with Gasteiger partial charge in [0.2, 0.25) is 0 Å². The summed E-state index contributed by atoms with van der Waals surface area (Å²) in [5, 5.41) is 8.99. The summed E-state index contributed by atoms with van der Waals surface area (Å²) in [5.41, 5.74) is 1.83. The molecule has 17 heavy (non-hydrogen) atoms. The van der Waals surface area contributed by atoms with Crippen molar-refractivity contribution in [3.63, 3.8) is 0 Å². The van der Waals surface area contributed by atoms with E-state index in [1.807, 2.05) is 38.1 Å². The molecule has 0 aromatic rings. The second kappa shape index (κ2) is 8.55. The average molecular weight is 249 g/mol. The number of hydrogen-bond acceptors (Lipinski definition) is 2. The van der Waals surface area contributed by atoms with Crippen LogP contribution in [0.15, 0.2) is 52.7 Å². The fraction of sp³-hybridized carbons (Fsp3) is 0.286. The highest BCUT2D eigenvalue weighted by molar-refractivity contribution is 6.70. The fourth-order valence-corrected chi connectivity index (χ4v) is 1.41. The Kier molecular flexibility index (Phi) is 7.75. The van der Waals surface area contributed by atoms with Crippen molar-refractivity contribution in [2.45, 2.75) is 27.2 Å². The molecule has 0 N–H and O–H groups in total. The van der Waals surface area contributed by atoms with Crippen molar-refractivity contribution in [1.29, 1.82) is 5.26 Å². The Morgan fingerprint density at radius 2 is 2.12 bits per heavy atom. The van der Waals surface area contributed by atoms with E-state index in [4.69, 9.17) is 16.9 Å². The van der Waals surface area contributed by atoms with E-state index in [1.165, 1.54) is 0 Å². The summed E-state index contributed by atoms with van der Waals surface area (Å²) in [5.74, 6) is 0. The summed E-state index contributed by atoms with van der Waals surface area (Å²) in [6.45, 7) is 9.56. The van der Waals surface area contributed by atoms with Gasteiger partial charge in [0.15, 0.2) is 0 Å². The zero-order valence-corrected chi connectivity index (χ0v) is 11.3. The molecule has 0 rings (SSSR count). The quantitative estimate of drug-likeness (QED) is 0.400. The van der Waals surface area contributed by atoms with E-state index in [1.54, 1.807) is 13.0 Å². The Hall–Kier alpha value is -1.59. The predicted molar refractivity (Wildman–Crippen MR) is 75.0 cm³/mol. The number of nitriles is 1. The molecule has 0 radical (unpaired) electrons. The average Bonchev–Trinajstić information content (AvgIpc) is 2.30. The summed E-state index contributed by atoms with van der Waals surface area (Å²) >= 11 is 5.93. The minimum Gasteiger partial charge on any atom is -0.235 e. The van der Waals surface area contributed by atoms with Crippen LogP contribution in [0, 0.1) is 11.3 Å². The number of rotatable bonds is 5. The van der Waals surface area contributed by atoms with E-state index in [-0.39, 0.29) is 5.17 Å². The van der Waals surface area contributed by atoms with Gasteiger partial charge in [-0.15, -0.1) is 0 Å². The molecule has 0 unspecified atom stereocenters. The van der Waals surface area contributed by atoms with Crippen LogP contribution in [0.3, 0.4) is 0 Å². The van der Waals surface area contributed by atoms with Gasteiger partial charge in [0.05, 0.1) is 11.3 Å². The molecule has 0 saturated carbocycles. The first-order valence-electron chi connectivity index (χ1n) is 5.43. The topological polar surface area (TPSA) is 36.1 Å². The first-order valence-corrected chi connectivity index (χ1v) is 5.81. The molecule has 0 atom stereocenters. The highest BCUT2D eigenvalue weighted by Crippen LogP contribution is 2.15. The maximum Gasteiger partial charge on any atom is 0.147 e. The van der Waals surface area contributed by atoms with Crippen molar-refractivity contribution in [1.82, 2.24) is 0 Å². The lowest BCUT2D eigenvalue weighted by Gasteiger charge is -2.02. The van der Waals surface area contributed by atoms with E-state index in [9.17, 15) is 0 Å². The predicted octanol–water partition coefficient (Wildman–Crippen LogP) is 4.52. The molecule has 0 aliphatic heterocycles. The van der Waals surface area contributed by atoms with Gasteiger partial charge in [-0.05, 0) is 25.8 Å². The molecule has 0 aliphatic rings. The Labute approximate surface area is 108 Å². The number of nitrogens with zero attached hydrogens (tertiary/aromatic N) is 2. The zero-order chi connectivity index (χ0) is 13.3. The largest absolute Gasteiger partial charge is 0.235 e. The van der Waals surface area contributed by atoms with Crippen molar-refractivity contribution >= 4 is 16.8 Å². The van der Waals surface area contributed by atoms with Crippen molar-refractivity contribution in [3.05, 3.63) is 47.7 Å². The van der Waals surface area contributed by atoms with Gasteiger partial charge in [-0.1, -0.05) is 49.4 Å². The van der Waals surface area contributed by atoms with Crippen LogP contribution in [-0.4, -0.2) is 5.17 Å². The van der Waals surface area contributed by atoms with Gasteiger partial charge in [0.1, 0.15) is 11.2 Å². The molecule has 0 saturated heterocycles. The van der Waals surface area contributed by atoms with Gasteiger partial charge < -0.3 is 0 Å². The van der Waals surface area contributed by atoms with Crippen molar-refractivity contribution < 1.29 is 0 Å². The highest BCUT2D eigenvalue weighted by Gasteiger charge is 2.04. The van der Waals surface area contributed by atoms with Crippen molar-refractivity contribution in [2.75, 3.05) is 0 Å². The number of aliphatic imine (C=N–C) groups is 1. The molecule has 0 fully saturated rings. The third-order valence-electron chi connectivity index (χ3n) is 1.97. The summed E-state index contributed by atoms with van der Waals surface area (Å²) in [6, 6.07) is 1.98. The van der Waals surface area contributed by atoms with Gasteiger partial charge in [-0.3, -0.25) is 0 Å². The van der Waals surface area contributed by atoms with Gasteiger partial charge in [0, 0.05) is 0 Å². The maximum atomic E-state index is 8.81. The molecule has 0 aromatic carbocycles. The fourth-order valence-electron chi connectivity index (χ4n) is 1.15. The number of halogens is 1. The van der Waals surface area contributed by atoms with Crippen LogP contribution in [0.5, 0.6) is 0 Å². The molecule has 0 aliphatic carbocycles. The van der Waals surface area contributed by atoms with E-state index < -0.39 is 0 Å². The minimum atomic E-state index is 0.173. The summed E-state index contributed by atoms with van der Waals surface area (Å²) < 4.78 is 0. The van der Waals surface area contributed by atoms with E-state index in [2.05, 4.69) is 11.6 Å². The van der Waals surface area contributed by atoms with Gasteiger partial charge in [0.25, 0.3) is 0 Å². The number of hydrogen-bond donors (Lipinski definition) is 0. The van der Waals surface area contributed by atoms with Crippen molar-refractivity contribution in [2.24, 2.45) is 4.99 Å². The van der Waals surface area contributed by atoms with Crippen molar-refractivity contribution in [3.8, 4) is 6.07 Å². The van der Waals surface area contributed by atoms with Crippen LogP contribution in [-0.2, 0) is 0 Å². The van der Waals surface area contributed by atoms with E-state index in [0.717, 1.165) is 12.0 Å². The lowest BCUT2D eigenvalue weighted by atomic mass is 10.1. The Morgan fingerprint density at radius 3 is 2.53 bits per heavy atom. The molecule has 0 aromatic heterocycles. The molecular formula is C14H17ClN2. The lowest BCUT2D eigenvalue weighted by molar-refractivity contribution is 1.19. The second-order valence-electron chi connectivity index (χ2n) is 3.23. The maximum absolute atomic E-state index is 8.81. The Morgan fingerprint density at radius 1 is 1.47 bits per heavy atom. The summed E-state index contributed by atoms with van der Waals surface area (Å²) in [4.78, 5) is 4.13. The SMILES string of the molecule is C=C(N=C(Cl)/C(C#N)=C\C)/C(C=CC)=C/CC. The van der Waals surface area contributed by atoms with Gasteiger partial charge in [-0.2, -0.15) is 5.26 Å². The standard InChI is InChI=1S/C14H17ClN2/c1-5-8-13(9-6-2)11(4)17-14(15)12(7-3)10-16/h5,7-9H,4,6H2,1-3H3/b8-5?,12-7-,13-9+,17-14?. The minimum absolute atomic E-state index is 0.173. The van der Waals surface area contributed by atoms with Crippen LogP contribution in [0.4, 0.5) is 0 Å². The van der Waals surface area contributed by atoms with Gasteiger partial charge >= 0.3 is 0 Å². The molecule has 3 heteroatoms. The summed E-state index contributed by atoms with van der Waals surface area (Å²) in [7, 11) is 0. The molecule has 2 nitrogen and oxygen atoms in total.